The lowest BCUT2D eigenvalue weighted by Gasteiger charge is -2.24. The zero-order chi connectivity index (χ0) is 29.2. The molecule has 2 atom stereocenters. The molecular weight excluding hydrogens is 517 g/mol. The van der Waals surface area contributed by atoms with Crippen molar-refractivity contribution in [1.29, 1.82) is 0 Å². The van der Waals surface area contributed by atoms with Crippen LogP contribution >= 0.6 is 7.82 Å². The number of quaternary nitrogens is 1. The predicted molar refractivity (Wildman–Crippen MR) is 160 cm³/mol. The monoisotopic (exact) mass is 580 g/mol. The van der Waals surface area contributed by atoms with Gasteiger partial charge in [-0.3, -0.25) is 13.8 Å². The topological polar surface area (TPSA) is 91.3 Å². The van der Waals surface area contributed by atoms with Gasteiger partial charge < -0.3 is 18.9 Å². The molecule has 2 unspecified atom stereocenters. The molecule has 0 heterocycles. The number of carbonyl (C=O) groups is 1. The molecule has 0 aromatic heterocycles. The van der Waals surface area contributed by atoms with Crippen LogP contribution in [0.4, 0.5) is 0 Å². The summed E-state index contributed by atoms with van der Waals surface area (Å²) in [6.07, 6.45) is 20.8. The lowest BCUT2D eigenvalue weighted by Crippen LogP contribution is -2.37. The average Bonchev–Trinajstić information content (AvgIpc) is 2.86. The van der Waals surface area contributed by atoms with Gasteiger partial charge in [0.2, 0.25) is 0 Å². The Kier molecular flexibility index (Phi) is 24.9. The molecule has 39 heavy (non-hydrogen) atoms. The average molecular weight is 581 g/mol. The van der Waals surface area contributed by atoms with E-state index in [1.165, 1.54) is 83.5 Å². The number of ether oxygens (including phenoxy) is 2. The van der Waals surface area contributed by atoms with E-state index < -0.39 is 13.9 Å². The SMILES string of the molecule is CCCCCCCCCCCCCCCCCOCC(COP(=O)(O)OCC[N+](C)(C)C)OC(=O)CCCC. The Morgan fingerprint density at radius 3 is 1.67 bits per heavy atom. The van der Waals surface area contributed by atoms with Crippen molar-refractivity contribution < 1.29 is 37.3 Å². The maximum atomic E-state index is 12.2. The second-order valence-electron chi connectivity index (χ2n) is 11.9. The first-order valence-electron chi connectivity index (χ1n) is 15.8. The van der Waals surface area contributed by atoms with Gasteiger partial charge >= 0.3 is 13.8 Å². The van der Waals surface area contributed by atoms with E-state index in [4.69, 9.17) is 18.5 Å². The highest BCUT2D eigenvalue weighted by atomic mass is 31.2. The molecule has 0 bridgehead atoms. The lowest BCUT2D eigenvalue weighted by atomic mass is 10.0. The van der Waals surface area contributed by atoms with Gasteiger partial charge in [0.05, 0.1) is 34.4 Å². The van der Waals surface area contributed by atoms with Crippen LogP contribution in [0.5, 0.6) is 0 Å². The van der Waals surface area contributed by atoms with Crippen molar-refractivity contribution in [3.8, 4) is 0 Å². The highest BCUT2D eigenvalue weighted by Crippen LogP contribution is 2.43. The molecule has 0 rings (SSSR count). The first kappa shape index (κ1) is 38.5. The third kappa shape index (κ3) is 28.8. The summed E-state index contributed by atoms with van der Waals surface area (Å²) in [4.78, 5) is 22.1. The minimum atomic E-state index is -4.23. The molecule has 1 N–H and O–H groups in total. The van der Waals surface area contributed by atoms with Gasteiger partial charge in [0.25, 0.3) is 0 Å². The number of nitrogens with zero attached hydrogens (tertiary/aromatic N) is 1. The largest absolute Gasteiger partial charge is 0.472 e. The van der Waals surface area contributed by atoms with Crippen LogP contribution in [0, 0.1) is 0 Å². The number of unbranched alkanes of at least 4 members (excludes halogenated alkanes) is 15. The number of phosphoric acid groups is 1. The maximum absolute atomic E-state index is 12.2. The second kappa shape index (κ2) is 25.2. The van der Waals surface area contributed by atoms with Crippen LogP contribution in [0.25, 0.3) is 0 Å². The van der Waals surface area contributed by atoms with Gasteiger partial charge in [0.1, 0.15) is 19.3 Å². The Balaban J connectivity index is 3.99. The molecular formula is C30H63NO7P+. The van der Waals surface area contributed by atoms with E-state index in [9.17, 15) is 14.3 Å². The van der Waals surface area contributed by atoms with Crippen molar-refractivity contribution in [2.24, 2.45) is 0 Å². The van der Waals surface area contributed by atoms with Crippen molar-refractivity contribution in [1.82, 2.24) is 0 Å². The second-order valence-corrected chi connectivity index (χ2v) is 13.3. The first-order valence-corrected chi connectivity index (χ1v) is 17.3. The van der Waals surface area contributed by atoms with Crippen LogP contribution in [0.2, 0.25) is 0 Å². The van der Waals surface area contributed by atoms with Gasteiger partial charge in [-0.15, -0.1) is 0 Å². The van der Waals surface area contributed by atoms with Crippen molar-refractivity contribution >= 4 is 13.8 Å². The number of hydrogen-bond acceptors (Lipinski definition) is 6. The van der Waals surface area contributed by atoms with Crippen molar-refractivity contribution in [3.05, 3.63) is 0 Å². The summed E-state index contributed by atoms with van der Waals surface area (Å²) < 4.78 is 34.2. The molecule has 0 spiro atoms. The van der Waals surface area contributed by atoms with E-state index >= 15 is 0 Å². The molecule has 0 fully saturated rings. The summed E-state index contributed by atoms with van der Waals surface area (Å²) in [5.41, 5.74) is 0. The fraction of sp³-hybridized carbons (Fsp3) is 0.967. The van der Waals surface area contributed by atoms with E-state index in [2.05, 4.69) is 6.92 Å². The van der Waals surface area contributed by atoms with E-state index in [-0.39, 0.29) is 25.8 Å². The van der Waals surface area contributed by atoms with E-state index in [1.807, 2.05) is 28.1 Å². The zero-order valence-electron chi connectivity index (χ0n) is 26.1. The number of rotatable bonds is 29. The Morgan fingerprint density at radius 2 is 1.18 bits per heavy atom. The Morgan fingerprint density at radius 1 is 0.692 bits per heavy atom. The smallest absolute Gasteiger partial charge is 0.457 e. The number of esters is 1. The molecule has 0 saturated carbocycles. The Labute approximate surface area is 240 Å². The van der Waals surface area contributed by atoms with Gasteiger partial charge in [-0.1, -0.05) is 110 Å². The molecule has 8 nitrogen and oxygen atoms in total. The quantitative estimate of drug-likeness (QED) is 0.0417. The third-order valence-electron chi connectivity index (χ3n) is 6.67. The summed E-state index contributed by atoms with van der Waals surface area (Å²) in [6.45, 7) is 5.38. The summed E-state index contributed by atoms with van der Waals surface area (Å²) in [5.74, 6) is -0.347. The normalized spacial score (nSPS) is 14.3. The minimum absolute atomic E-state index is 0.0912. The van der Waals surface area contributed by atoms with Gasteiger partial charge in [0.15, 0.2) is 0 Å². The van der Waals surface area contributed by atoms with Gasteiger partial charge in [-0.2, -0.15) is 0 Å². The van der Waals surface area contributed by atoms with Crippen LogP contribution in [-0.2, 0) is 27.9 Å². The molecule has 0 aliphatic rings. The fourth-order valence-electron chi connectivity index (χ4n) is 4.12. The standard InChI is InChI=1S/C30H62NO7P/c1-6-8-10-11-12-13-14-15-16-17-18-19-20-21-22-25-35-27-29(38-30(32)23-9-7-2)28-37-39(33,34)36-26-24-31(3,4)5/h29H,6-28H2,1-5H3/p+1. The fourth-order valence-corrected chi connectivity index (χ4v) is 4.86. The number of phosphoric ester groups is 1. The highest BCUT2D eigenvalue weighted by Gasteiger charge is 2.26. The van der Waals surface area contributed by atoms with E-state index in [1.54, 1.807) is 0 Å². The number of carbonyl (C=O) groups excluding carboxylic acids is 1. The molecule has 0 aromatic rings. The molecule has 9 heteroatoms. The van der Waals surface area contributed by atoms with Crippen LogP contribution in [-0.4, -0.2) is 75.6 Å². The Bertz CT molecular complexity index is 613. The molecule has 234 valence electrons. The number of likely N-dealkylation sites (N-methyl/N-ethyl adjacent to an activating group) is 1. The van der Waals surface area contributed by atoms with Crippen LogP contribution in [0.15, 0.2) is 0 Å². The van der Waals surface area contributed by atoms with Crippen molar-refractivity contribution in [2.45, 2.75) is 136 Å². The Hall–Kier alpha value is -0.500. The predicted octanol–water partition coefficient (Wildman–Crippen LogP) is 7.82. The zero-order valence-corrected chi connectivity index (χ0v) is 27.0. The van der Waals surface area contributed by atoms with Gasteiger partial charge in [0, 0.05) is 13.0 Å². The molecule has 0 amide bonds. The summed E-state index contributed by atoms with van der Waals surface area (Å²) in [6, 6.07) is 0. The molecule has 0 radical (unpaired) electrons. The van der Waals surface area contributed by atoms with Gasteiger partial charge in [-0.25, -0.2) is 4.57 Å². The van der Waals surface area contributed by atoms with Crippen molar-refractivity contribution in [2.75, 3.05) is 54.1 Å². The van der Waals surface area contributed by atoms with Crippen LogP contribution < -0.4 is 0 Å². The molecule has 0 aromatic carbocycles. The lowest BCUT2D eigenvalue weighted by molar-refractivity contribution is -0.870. The minimum Gasteiger partial charge on any atom is -0.457 e. The van der Waals surface area contributed by atoms with Gasteiger partial charge in [-0.05, 0) is 12.8 Å². The number of hydrogen-bond donors (Lipinski definition) is 1. The van der Waals surface area contributed by atoms with E-state index in [0.29, 0.717) is 24.1 Å². The van der Waals surface area contributed by atoms with Crippen molar-refractivity contribution in [3.63, 3.8) is 0 Å². The van der Waals surface area contributed by atoms with Crippen LogP contribution in [0.1, 0.15) is 129 Å². The highest BCUT2D eigenvalue weighted by molar-refractivity contribution is 7.47. The molecule has 0 saturated heterocycles. The summed E-state index contributed by atoms with van der Waals surface area (Å²) >= 11 is 0. The summed E-state index contributed by atoms with van der Waals surface area (Å²) in [7, 11) is 1.67. The maximum Gasteiger partial charge on any atom is 0.472 e. The first-order chi connectivity index (χ1) is 18.6. The summed E-state index contributed by atoms with van der Waals surface area (Å²) in [5, 5.41) is 0. The van der Waals surface area contributed by atoms with E-state index in [0.717, 1.165) is 25.7 Å². The third-order valence-corrected chi connectivity index (χ3v) is 7.65. The van der Waals surface area contributed by atoms with Crippen LogP contribution in [0.3, 0.4) is 0 Å². The molecule has 0 aliphatic heterocycles. The molecule has 0 aliphatic carbocycles.